The zero-order valence-electron chi connectivity index (χ0n) is 13.8. The number of allylic oxidation sites excluding steroid dienone is 2. The minimum absolute atomic E-state index is 0.136. The van der Waals surface area contributed by atoms with Gasteiger partial charge in [0, 0.05) is 32.1 Å². The number of unbranched alkanes of at least 4 members (excludes halogenated alkanes) is 5. The number of ketones is 2. The predicted octanol–water partition coefficient (Wildman–Crippen LogP) is 4.47. The number of carboxylic acid groups (broad SMARTS) is 1. The third kappa shape index (κ3) is 14.9. The summed E-state index contributed by atoms with van der Waals surface area (Å²) in [6.07, 6.45) is 12.4. The minimum atomic E-state index is -0.731. The number of aliphatic carboxylic acids is 1. The highest BCUT2D eigenvalue weighted by Crippen LogP contribution is 2.10. The zero-order valence-corrected chi connectivity index (χ0v) is 13.8. The molecule has 126 valence electrons. The first-order valence-corrected chi connectivity index (χ1v) is 8.46. The Kier molecular flexibility index (Phi) is 13.5. The molecule has 0 aliphatic carbocycles. The van der Waals surface area contributed by atoms with Crippen molar-refractivity contribution in [3.8, 4) is 0 Å². The molecule has 0 aliphatic heterocycles. The van der Waals surface area contributed by atoms with Gasteiger partial charge in [-0.05, 0) is 19.3 Å². The molecule has 0 rings (SSSR count). The van der Waals surface area contributed by atoms with Gasteiger partial charge in [0.1, 0.15) is 11.6 Å². The normalized spacial score (nSPS) is 11.0. The van der Waals surface area contributed by atoms with Crippen molar-refractivity contribution in [1.29, 1.82) is 0 Å². The quantitative estimate of drug-likeness (QED) is 0.358. The third-order valence-corrected chi connectivity index (χ3v) is 3.53. The highest BCUT2D eigenvalue weighted by Gasteiger charge is 2.06. The third-order valence-electron chi connectivity index (χ3n) is 3.53. The fourth-order valence-electron chi connectivity index (χ4n) is 2.19. The van der Waals surface area contributed by atoms with Crippen molar-refractivity contribution in [3.05, 3.63) is 12.2 Å². The molecule has 0 aromatic carbocycles. The van der Waals surface area contributed by atoms with Crippen LogP contribution in [-0.2, 0) is 14.4 Å². The highest BCUT2D eigenvalue weighted by molar-refractivity contribution is 5.86. The Morgan fingerprint density at radius 1 is 0.727 bits per heavy atom. The molecule has 0 radical (unpaired) electrons. The van der Waals surface area contributed by atoms with Gasteiger partial charge < -0.3 is 5.11 Å². The van der Waals surface area contributed by atoms with Crippen molar-refractivity contribution in [1.82, 2.24) is 0 Å². The van der Waals surface area contributed by atoms with E-state index < -0.39 is 5.97 Å². The van der Waals surface area contributed by atoms with Gasteiger partial charge in [-0.1, -0.05) is 44.8 Å². The number of hydrogen-bond donors (Lipinski definition) is 1. The largest absolute Gasteiger partial charge is 0.481 e. The van der Waals surface area contributed by atoms with Crippen LogP contribution in [-0.4, -0.2) is 22.6 Å². The molecule has 22 heavy (non-hydrogen) atoms. The molecular weight excluding hydrogens is 280 g/mol. The van der Waals surface area contributed by atoms with Crippen LogP contribution in [0.5, 0.6) is 0 Å². The number of carbonyl (C=O) groups is 3. The summed E-state index contributed by atoms with van der Waals surface area (Å²) in [6.45, 7) is 2.02. The predicted molar refractivity (Wildman–Crippen MR) is 87.9 cm³/mol. The van der Waals surface area contributed by atoms with E-state index in [0.717, 1.165) is 44.9 Å². The number of carboxylic acids is 1. The van der Waals surface area contributed by atoms with E-state index in [-0.39, 0.29) is 18.0 Å². The molecule has 0 heterocycles. The standard InChI is InChI=1S/C18H30O4/c1-2-3-8-11-16(19)14-15-17(20)12-9-6-4-5-7-10-13-18(21)22/h3,8H,2,4-7,9-15H2,1H3,(H,21,22). The number of rotatable bonds is 15. The summed E-state index contributed by atoms with van der Waals surface area (Å²) in [5.41, 5.74) is 0. The van der Waals surface area contributed by atoms with E-state index in [1.165, 1.54) is 0 Å². The van der Waals surface area contributed by atoms with E-state index in [2.05, 4.69) is 0 Å². The Balaban J connectivity index is 3.41. The molecule has 4 nitrogen and oxygen atoms in total. The molecule has 1 N–H and O–H groups in total. The second kappa shape index (κ2) is 14.5. The van der Waals surface area contributed by atoms with Gasteiger partial charge in [-0.15, -0.1) is 0 Å². The van der Waals surface area contributed by atoms with Gasteiger partial charge in [-0.2, -0.15) is 0 Å². The lowest BCUT2D eigenvalue weighted by atomic mass is 10.0. The van der Waals surface area contributed by atoms with Crippen molar-refractivity contribution in [3.63, 3.8) is 0 Å². The molecule has 0 atom stereocenters. The summed E-state index contributed by atoms with van der Waals surface area (Å²) in [4.78, 5) is 33.5. The summed E-state index contributed by atoms with van der Waals surface area (Å²) in [5, 5.41) is 8.50. The average molecular weight is 310 g/mol. The first kappa shape index (κ1) is 20.6. The molecule has 0 unspecified atom stereocenters. The Morgan fingerprint density at radius 3 is 1.86 bits per heavy atom. The fraction of sp³-hybridized carbons (Fsp3) is 0.722. The molecule has 0 amide bonds. The lowest BCUT2D eigenvalue weighted by Crippen LogP contribution is -2.03. The Hall–Kier alpha value is -1.45. The molecular formula is C18H30O4. The average Bonchev–Trinajstić information content (AvgIpc) is 2.47. The van der Waals surface area contributed by atoms with Crippen molar-refractivity contribution >= 4 is 17.5 Å². The Bertz CT molecular complexity index is 358. The van der Waals surface area contributed by atoms with Crippen LogP contribution >= 0.6 is 0 Å². The Labute approximate surface area is 134 Å². The monoisotopic (exact) mass is 310 g/mol. The molecule has 0 fully saturated rings. The summed E-state index contributed by atoms with van der Waals surface area (Å²) >= 11 is 0. The smallest absolute Gasteiger partial charge is 0.303 e. The van der Waals surface area contributed by atoms with Crippen LogP contribution in [0.1, 0.15) is 84.0 Å². The van der Waals surface area contributed by atoms with Crippen LogP contribution in [0.15, 0.2) is 12.2 Å². The van der Waals surface area contributed by atoms with E-state index in [1.54, 1.807) is 0 Å². The molecule has 0 aromatic heterocycles. The lowest BCUT2D eigenvalue weighted by molar-refractivity contribution is -0.137. The van der Waals surface area contributed by atoms with Crippen LogP contribution in [0, 0.1) is 0 Å². The van der Waals surface area contributed by atoms with E-state index in [0.29, 0.717) is 25.7 Å². The van der Waals surface area contributed by atoms with Gasteiger partial charge in [0.25, 0.3) is 0 Å². The molecule has 0 saturated heterocycles. The molecule has 4 heteroatoms. The summed E-state index contributed by atoms with van der Waals surface area (Å²) in [5.74, 6) is -0.416. The molecule has 0 saturated carbocycles. The van der Waals surface area contributed by atoms with E-state index >= 15 is 0 Å². The first-order valence-electron chi connectivity index (χ1n) is 8.46. The molecule has 0 aliphatic rings. The lowest BCUT2D eigenvalue weighted by Gasteiger charge is -2.02. The van der Waals surface area contributed by atoms with Crippen LogP contribution in [0.25, 0.3) is 0 Å². The van der Waals surface area contributed by atoms with E-state index in [4.69, 9.17) is 5.11 Å². The second-order valence-corrected chi connectivity index (χ2v) is 5.68. The first-order chi connectivity index (χ1) is 10.6. The topological polar surface area (TPSA) is 71.4 Å². The van der Waals surface area contributed by atoms with Gasteiger partial charge >= 0.3 is 5.97 Å². The van der Waals surface area contributed by atoms with Crippen LogP contribution < -0.4 is 0 Å². The molecule has 0 spiro atoms. The molecule has 0 bridgehead atoms. The maximum absolute atomic E-state index is 11.7. The van der Waals surface area contributed by atoms with Gasteiger partial charge in [-0.3, -0.25) is 14.4 Å². The fourth-order valence-corrected chi connectivity index (χ4v) is 2.19. The van der Waals surface area contributed by atoms with Crippen LogP contribution in [0.2, 0.25) is 0 Å². The maximum Gasteiger partial charge on any atom is 0.303 e. The molecule has 0 aromatic rings. The van der Waals surface area contributed by atoms with Crippen molar-refractivity contribution in [2.45, 2.75) is 84.0 Å². The van der Waals surface area contributed by atoms with Crippen molar-refractivity contribution in [2.75, 3.05) is 0 Å². The van der Waals surface area contributed by atoms with E-state index in [1.807, 2.05) is 19.1 Å². The summed E-state index contributed by atoms with van der Waals surface area (Å²) in [7, 11) is 0. The van der Waals surface area contributed by atoms with Gasteiger partial charge in [0.05, 0.1) is 0 Å². The highest BCUT2D eigenvalue weighted by atomic mass is 16.4. The van der Waals surface area contributed by atoms with Crippen molar-refractivity contribution in [2.24, 2.45) is 0 Å². The summed E-state index contributed by atoms with van der Waals surface area (Å²) < 4.78 is 0. The second-order valence-electron chi connectivity index (χ2n) is 5.68. The maximum atomic E-state index is 11.7. The SMILES string of the molecule is CCC=CCC(=O)CCC(=O)CCCCCCCCC(=O)O. The van der Waals surface area contributed by atoms with Gasteiger partial charge in [0.2, 0.25) is 0 Å². The zero-order chi connectivity index (χ0) is 16.6. The Morgan fingerprint density at radius 2 is 1.27 bits per heavy atom. The van der Waals surface area contributed by atoms with Gasteiger partial charge in [0.15, 0.2) is 0 Å². The minimum Gasteiger partial charge on any atom is -0.481 e. The van der Waals surface area contributed by atoms with Crippen molar-refractivity contribution < 1.29 is 19.5 Å². The number of hydrogen-bond acceptors (Lipinski definition) is 3. The van der Waals surface area contributed by atoms with Crippen LogP contribution in [0.4, 0.5) is 0 Å². The number of Topliss-reactive ketones (excluding diaryl/α,β-unsaturated/α-hetero) is 2. The number of carbonyl (C=O) groups excluding carboxylic acids is 2. The van der Waals surface area contributed by atoms with E-state index in [9.17, 15) is 14.4 Å². The van der Waals surface area contributed by atoms with Crippen LogP contribution in [0.3, 0.4) is 0 Å². The summed E-state index contributed by atoms with van der Waals surface area (Å²) in [6, 6.07) is 0. The van der Waals surface area contributed by atoms with Gasteiger partial charge in [-0.25, -0.2) is 0 Å².